The molecule has 0 saturated carbocycles. The molecule has 0 saturated heterocycles. The average molecular weight is 262 g/mol. The van der Waals surface area contributed by atoms with Crippen molar-refractivity contribution < 1.29 is 9.53 Å². The van der Waals surface area contributed by atoms with Gasteiger partial charge in [0.2, 0.25) is 11.9 Å². The molecule has 1 amide bonds. The quantitative estimate of drug-likeness (QED) is 0.868. The number of aromatic nitrogens is 2. The molecular formula is C13H18N4O2. The molecule has 19 heavy (non-hydrogen) atoms. The van der Waals surface area contributed by atoms with Crippen molar-refractivity contribution >= 4 is 22.9 Å². The second-order valence-electron chi connectivity index (χ2n) is 4.79. The van der Waals surface area contributed by atoms with E-state index in [-0.39, 0.29) is 11.9 Å². The molecule has 0 fully saturated rings. The molecule has 2 aromatic rings. The minimum atomic E-state index is -0.530. The van der Waals surface area contributed by atoms with E-state index in [4.69, 9.17) is 16.2 Å². The summed E-state index contributed by atoms with van der Waals surface area (Å²) in [6.07, 6.45) is 0. The van der Waals surface area contributed by atoms with Crippen molar-refractivity contribution in [1.29, 1.82) is 0 Å². The summed E-state index contributed by atoms with van der Waals surface area (Å²) in [7, 11) is 1.58. The van der Waals surface area contributed by atoms with Gasteiger partial charge < -0.3 is 16.2 Å². The summed E-state index contributed by atoms with van der Waals surface area (Å²) >= 11 is 0. The van der Waals surface area contributed by atoms with Gasteiger partial charge in [-0.1, -0.05) is 13.8 Å². The van der Waals surface area contributed by atoms with E-state index < -0.39 is 11.9 Å². The zero-order chi connectivity index (χ0) is 14.2. The number of carbonyl (C=O) groups is 1. The number of ether oxygens (including phenoxy) is 1. The van der Waals surface area contributed by atoms with Crippen LogP contribution in [0.1, 0.15) is 19.9 Å². The van der Waals surface area contributed by atoms with Crippen LogP contribution in [0, 0.1) is 5.92 Å². The van der Waals surface area contributed by atoms with E-state index in [2.05, 4.69) is 4.98 Å². The number of nitrogens with zero attached hydrogens (tertiary/aromatic N) is 2. The molecule has 0 spiro atoms. The molecule has 6 heteroatoms. The van der Waals surface area contributed by atoms with Crippen molar-refractivity contribution in [1.82, 2.24) is 9.55 Å². The molecule has 1 aromatic heterocycles. The Labute approximate surface area is 111 Å². The molecule has 1 unspecified atom stereocenters. The first-order chi connectivity index (χ1) is 8.95. The molecule has 0 radical (unpaired) electrons. The van der Waals surface area contributed by atoms with Gasteiger partial charge in [-0.3, -0.25) is 9.36 Å². The number of methoxy groups -OCH3 is 1. The number of nitrogen functional groups attached to an aromatic ring is 1. The first-order valence-corrected chi connectivity index (χ1v) is 6.06. The predicted octanol–water partition coefficient (Wildman–Crippen LogP) is 1.31. The van der Waals surface area contributed by atoms with Crippen LogP contribution in [0.3, 0.4) is 0 Å². The van der Waals surface area contributed by atoms with Gasteiger partial charge >= 0.3 is 0 Å². The van der Waals surface area contributed by atoms with E-state index in [1.54, 1.807) is 29.9 Å². The molecule has 102 valence electrons. The first kappa shape index (κ1) is 13.2. The maximum absolute atomic E-state index is 11.7. The SMILES string of the molecule is COc1ccc2nc(N)n(C(C(N)=O)C(C)C)c2c1. The first-order valence-electron chi connectivity index (χ1n) is 6.06. The van der Waals surface area contributed by atoms with E-state index in [1.165, 1.54) is 0 Å². The fourth-order valence-electron chi connectivity index (χ4n) is 2.26. The van der Waals surface area contributed by atoms with Crippen LogP contribution in [0.2, 0.25) is 0 Å². The van der Waals surface area contributed by atoms with Gasteiger partial charge in [-0.15, -0.1) is 0 Å². The maximum Gasteiger partial charge on any atom is 0.240 e. The number of hydrogen-bond acceptors (Lipinski definition) is 4. The van der Waals surface area contributed by atoms with Gasteiger partial charge in [0, 0.05) is 6.07 Å². The lowest BCUT2D eigenvalue weighted by atomic mass is 10.0. The van der Waals surface area contributed by atoms with Gasteiger partial charge in [0.25, 0.3) is 0 Å². The molecule has 0 bridgehead atoms. The fourth-order valence-corrected chi connectivity index (χ4v) is 2.26. The third-order valence-electron chi connectivity index (χ3n) is 3.13. The number of fused-ring (bicyclic) bond motifs is 1. The monoisotopic (exact) mass is 262 g/mol. The summed E-state index contributed by atoms with van der Waals surface area (Å²) in [5.41, 5.74) is 12.9. The highest BCUT2D eigenvalue weighted by Gasteiger charge is 2.25. The molecule has 1 heterocycles. The Kier molecular flexibility index (Phi) is 3.33. The van der Waals surface area contributed by atoms with Gasteiger partial charge in [-0.05, 0) is 18.1 Å². The minimum Gasteiger partial charge on any atom is -0.497 e. The van der Waals surface area contributed by atoms with E-state index in [1.807, 2.05) is 13.8 Å². The third kappa shape index (κ3) is 2.21. The van der Waals surface area contributed by atoms with Gasteiger partial charge in [-0.2, -0.15) is 0 Å². The van der Waals surface area contributed by atoms with Crippen molar-refractivity contribution in [3.8, 4) is 5.75 Å². The largest absolute Gasteiger partial charge is 0.497 e. The average Bonchev–Trinajstić information content (AvgIpc) is 2.65. The van der Waals surface area contributed by atoms with Crippen LogP contribution >= 0.6 is 0 Å². The highest BCUT2D eigenvalue weighted by Crippen LogP contribution is 2.29. The number of anilines is 1. The number of carbonyl (C=O) groups excluding carboxylic acids is 1. The zero-order valence-corrected chi connectivity index (χ0v) is 11.3. The van der Waals surface area contributed by atoms with Gasteiger partial charge in [-0.25, -0.2) is 4.98 Å². The van der Waals surface area contributed by atoms with Crippen LogP contribution in [-0.2, 0) is 4.79 Å². The smallest absolute Gasteiger partial charge is 0.240 e. The molecule has 0 aliphatic heterocycles. The normalized spacial score (nSPS) is 12.8. The number of benzene rings is 1. The Bertz CT molecular complexity index is 618. The third-order valence-corrected chi connectivity index (χ3v) is 3.13. The number of primary amides is 1. The highest BCUT2D eigenvalue weighted by atomic mass is 16.5. The second-order valence-corrected chi connectivity index (χ2v) is 4.79. The Hall–Kier alpha value is -2.24. The lowest BCUT2D eigenvalue weighted by Gasteiger charge is -2.21. The molecule has 2 rings (SSSR count). The van der Waals surface area contributed by atoms with Crippen LogP contribution in [-0.4, -0.2) is 22.6 Å². The van der Waals surface area contributed by atoms with Crippen LogP contribution in [0.5, 0.6) is 5.75 Å². The summed E-state index contributed by atoms with van der Waals surface area (Å²) in [4.78, 5) is 15.9. The van der Waals surface area contributed by atoms with Crippen molar-refractivity contribution in [3.63, 3.8) is 0 Å². The van der Waals surface area contributed by atoms with E-state index in [0.29, 0.717) is 11.3 Å². The van der Waals surface area contributed by atoms with Gasteiger partial charge in [0.1, 0.15) is 11.8 Å². The standard InChI is InChI=1S/C13H18N4O2/c1-7(2)11(12(14)18)17-10-6-8(19-3)4-5-9(10)16-13(17)15/h4-7,11H,1-3H3,(H2,14,18)(H2,15,16). The van der Waals surface area contributed by atoms with Gasteiger partial charge in [0.05, 0.1) is 18.1 Å². The lowest BCUT2D eigenvalue weighted by molar-refractivity contribution is -0.122. The van der Waals surface area contributed by atoms with Crippen LogP contribution in [0.4, 0.5) is 5.95 Å². The second kappa shape index (κ2) is 4.79. The van der Waals surface area contributed by atoms with Crippen molar-refractivity contribution in [3.05, 3.63) is 18.2 Å². The predicted molar refractivity (Wildman–Crippen MR) is 73.8 cm³/mol. The summed E-state index contributed by atoms with van der Waals surface area (Å²) < 4.78 is 6.86. The van der Waals surface area contributed by atoms with E-state index >= 15 is 0 Å². The van der Waals surface area contributed by atoms with Crippen molar-refractivity contribution in [2.24, 2.45) is 11.7 Å². The number of nitrogens with two attached hydrogens (primary N) is 2. The summed E-state index contributed by atoms with van der Waals surface area (Å²) in [6, 6.07) is 4.88. The Morgan fingerprint density at radius 3 is 2.63 bits per heavy atom. The van der Waals surface area contributed by atoms with E-state index in [9.17, 15) is 4.79 Å². The molecule has 4 N–H and O–H groups in total. The Balaban J connectivity index is 2.69. The zero-order valence-electron chi connectivity index (χ0n) is 11.3. The van der Waals surface area contributed by atoms with Crippen LogP contribution in [0.25, 0.3) is 11.0 Å². The summed E-state index contributed by atoms with van der Waals surface area (Å²) in [6.45, 7) is 3.84. The molecular weight excluding hydrogens is 244 g/mol. The summed E-state index contributed by atoms with van der Waals surface area (Å²) in [5, 5.41) is 0. The Morgan fingerprint density at radius 1 is 1.42 bits per heavy atom. The topological polar surface area (TPSA) is 96.2 Å². The van der Waals surface area contributed by atoms with Crippen LogP contribution in [0.15, 0.2) is 18.2 Å². The van der Waals surface area contributed by atoms with Crippen molar-refractivity contribution in [2.75, 3.05) is 12.8 Å². The minimum absolute atomic E-state index is 0.0170. The molecule has 0 aliphatic carbocycles. The molecule has 0 aliphatic rings. The highest BCUT2D eigenvalue weighted by molar-refractivity contribution is 5.85. The van der Waals surface area contributed by atoms with Crippen molar-refractivity contribution in [2.45, 2.75) is 19.9 Å². The molecule has 1 atom stereocenters. The lowest BCUT2D eigenvalue weighted by Crippen LogP contribution is -2.31. The number of amides is 1. The fraction of sp³-hybridized carbons (Fsp3) is 0.385. The molecule has 1 aromatic carbocycles. The molecule has 6 nitrogen and oxygen atoms in total. The maximum atomic E-state index is 11.7. The van der Waals surface area contributed by atoms with Crippen LogP contribution < -0.4 is 16.2 Å². The van der Waals surface area contributed by atoms with E-state index in [0.717, 1.165) is 5.52 Å². The van der Waals surface area contributed by atoms with Gasteiger partial charge in [0.15, 0.2) is 0 Å². The number of hydrogen-bond donors (Lipinski definition) is 2. The number of rotatable bonds is 4. The summed E-state index contributed by atoms with van der Waals surface area (Å²) in [5.74, 6) is 0.550. The Morgan fingerprint density at radius 2 is 2.11 bits per heavy atom. The number of imidazole rings is 1.